The van der Waals surface area contributed by atoms with E-state index in [2.05, 4.69) is 15.1 Å². The minimum atomic E-state index is -0.414. The minimum Gasteiger partial charge on any atom is -0.392 e. The third-order valence-electron chi connectivity index (χ3n) is 7.67. The molecule has 6 heteroatoms. The Kier molecular flexibility index (Phi) is 5.35. The lowest BCUT2D eigenvalue weighted by Gasteiger charge is -2.57. The maximum atomic E-state index is 13.8. The molecule has 29 heavy (non-hydrogen) atoms. The zero-order valence-electron chi connectivity index (χ0n) is 17.0. The van der Waals surface area contributed by atoms with Crippen molar-refractivity contribution < 1.29 is 14.3 Å². The number of carbonyl (C=O) groups excluding carboxylic acids is 1. The highest BCUT2D eigenvalue weighted by molar-refractivity contribution is 5.82. The summed E-state index contributed by atoms with van der Waals surface area (Å²) in [5, 5.41) is 13.0. The lowest BCUT2D eigenvalue weighted by Crippen LogP contribution is -2.65. The van der Waals surface area contributed by atoms with Crippen molar-refractivity contribution in [2.45, 2.75) is 62.8 Å². The number of hydrogen-bond donors (Lipinski definition) is 2. The molecule has 4 fully saturated rings. The number of rotatable bonds is 3. The number of piperidine rings is 3. The molecule has 158 valence electrons. The summed E-state index contributed by atoms with van der Waals surface area (Å²) in [5.74, 6) is 0.956. The number of fused-ring (bicyclic) bond motifs is 4. The van der Waals surface area contributed by atoms with Crippen LogP contribution in [0.3, 0.4) is 0 Å². The molecule has 4 saturated heterocycles. The summed E-state index contributed by atoms with van der Waals surface area (Å²) in [7, 11) is 0. The predicted molar refractivity (Wildman–Crippen MR) is 109 cm³/mol. The van der Waals surface area contributed by atoms with Gasteiger partial charge in [0.25, 0.3) is 0 Å². The first kappa shape index (κ1) is 19.5. The van der Waals surface area contributed by atoms with Crippen LogP contribution in [0.2, 0.25) is 0 Å². The highest BCUT2D eigenvalue weighted by Crippen LogP contribution is 2.42. The van der Waals surface area contributed by atoms with Crippen molar-refractivity contribution in [1.82, 2.24) is 15.1 Å². The first-order chi connectivity index (χ1) is 14.1. The second-order valence-corrected chi connectivity index (χ2v) is 9.55. The molecule has 0 unspecified atom stereocenters. The summed E-state index contributed by atoms with van der Waals surface area (Å²) in [6.07, 6.45) is 5.84. The standard InChI is InChI=1S/C23H32FN3O2/c24-18-5-3-4-15(8-18)9-22-17-10-16(21-6-1-2-7-27(21)22)13-26(14-17)23(29)20-11-19(28)12-25-20/h3-5,8,16-17,19-22,25,28H,1-2,6-7,9-14H2/t16-,17+,19-,20-,21+,22+/m1/s1. The summed E-state index contributed by atoms with van der Waals surface area (Å²) in [4.78, 5) is 17.9. The Morgan fingerprint density at radius 3 is 2.86 bits per heavy atom. The Morgan fingerprint density at radius 2 is 2.07 bits per heavy atom. The van der Waals surface area contributed by atoms with Gasteiger partial charge in [0.15, 0.2) is 0 Å². The minimum absolute atomic E-state index is 0.157. The number of nitrogens with one attached hydrogen (secondary N) is 1. The number of hydrogen-bond acceptors (Lipinski definition) is 4. The van der Waals surface area contributed by atoms with E-state index < -0.39 is 6.10 Å². The molecule has 1 aromatic carbocycles. The fourth-order valence-electron chi connectivity index (χ4n) is 6.40. The predicted octanol–water partition coefficient (Wildman–Crippen LogP) is 1.79. The summed E-state index contributed by atoms with van der Waals surface area (Å²) >= 11 is 0. The van der Waals surface area contributed by atoms with Gasteiger partial charge in [-0.2, -0.15) is 0 Å². The third-order valence-corrected chi connectivity index (χ3v) is 7.67. The van der Waals surface area contributed by atoms with Crippen LogP contribution in [0.15, 0.2) is 24.3 Å². The number of carbonyl (C=O) groups is 1. The molecule has 5 rings (SSSR count). The normalized spacial score (nSPS) is 37.4. The van der Waals surface area contributed by atoms with Gasteiger partial charge >= 0.3 is 0 Å². The van der Waals surface area contributed by atoms with Crippen LogP contribution in [0.4, 0.5) is 4.39 Å². The molecule has 2 N–H and O–H groups in total. The molecule has 4 aliphatic rings. The number of halogens is 1. The van der Waals surface area contributed by atoms with Gasteiger partial charge in [-0.3, -0.25) is 9.69 Å². The Morgan fingerprint density at radius 1 is 1.21 bits per heavy atom. The van der Waals surface area contributed by atoms with E-state index in [1.54, 1.807) is 12.1 Å². The van der Waals surface area contributed by atoms with E-state index in [1.807, 2.05) is 6.07 Å². The SMILES string of the molecule is O=C([C@H]1C[C@@H](O)CN1)N1C[C@H]2C[C@@H](C1)[C@H](Cc1cccc(F)c1)N1CCCC[C@@H]21. The second-order valence-electron chi connectivity index (χ2n) is 9.55. The van der Waals surface area contributed by atoms with Gasteiger partial charge in [0.05, 0.1) is 12.1 Å². The zero-order valence-corrected chi connectivity index (χ0v) is 17.0. The van der Waals surface area contributed by atoms with E-state index in [0.717, 1.165) is 31.6 Å². The molecule has 1 amide bonds. The molecule has 5 nitrogen and oxygen atoms in total. The van der Waals surface area contributed by atoms with Crippen LogP contribution < -0.4 is 5.32 Å². The average Bonchev–Trinajstić information content (AvgIpc) is 3.17. The van der Waals surface area contributed by atoms with Gasteiger partial charge in [0, 0.05) is 31.7 Å². The van der Waals surface area contributed by atoms with Crippen molar-refractivity contribution in [3.8, 4) is 0 Å². The van der Waals surface area contributed by atoms with E-state index in [1.165, 1.54) is 31.7 Å². The third kappa shape index (κ3) is 3.82. The number of aliphatic hydroxyl groups is 1. The molecule has 0 saturated carbocycles. The summed E-state index contributed by atoms with van der Waals surface area (Å²) in [5.41, 5.74) is 1.06. The Balaban J connectivity index is 1.37. The maximum absolute atomic E-state index is 13.8. The van der Waals surface area contributed by atoms with Gasteiger partial charge < -0.3 is 15.3 Å². The number of amides is 1. The number of aliphatic hydroxyl groups excluding tert-OH is 1. The molecule has 0 aliphatic carbocycles. The fraction of sp³-hybridized carbons (Fsp3) is 0.696. The molecule has 0 aromatic heterocycles. The van der Waals surface area contributed by atoms with E-state index in [9.17, 15) is 14.3 Å². The van der Waals surface area contributed by atoms with Crippen LogP contribution in [0, 0.1) is 17.7 Å². The molecular weight excluding hydrogens is 369 g/mol. The van der Waals surface area contributed by atoms with Gasteiger partial charge in [-0.15, -0.1) is 0 Å². The summed E-state index contributed by atoms with van der Waals surface area (Å²) < 4.78 is 13.8. The number of β-amino-alcohol motifs (C(OH)–C–C–N with tert-alkyl or cyclic N) is 1. The molecule has 0 radical (unpaired) electrons. The van der Waals surface area contributed by atoms with Gasteiger partial charge in [-0.25, -0.2) is 4.39 Å². The monoisotopic (exact) mass is 401 g/mol. The first-order valence-electron chi connectivity index (χ1n) is 11.3. The van der Waals surface area contributed by atoms with Crippen LogP contribution in [-0.2, 0) is 11.2 Å². The van der Waals surface area contributed by atoms with Crippen molar-refractivity contribution in [3.05, 3.63) is 35.6 Å². The zero-order chi connectivity index (χ0) is 20.0. The Labute approximate surface area is 172 Å². The van der Waals surface area contributed by atoms with Gasteiger partial charge in [-0.1, -0.05) is 18.6 Å². The van der Waals surface area contributed by atoms with Gasteiger partial charge in [0.2, 0.25) is 5.91 Å². The summed E-state index contributed by atoms with van der Waals surface area (Å²) in [6, 6.07) is 7.68. The molecular formula is C23H32FN3O2. The maximum Gasteiger partial charge on any atom is 0.239 e. The lowest BCUT2D eigenvalue weighted by molar-refractivity contribution is -0.142. The second kappa shape index (κ2) is 7.97. The van der Waals surface area contributed by atoms with E-state index in [4.69, 9.17) is 0 Å². The van der Waals surface area contributed by atoms with E-state index in [-0.39, 0.29) is 17.8 Å². The number of likely N-dealkylation sites (tertiary alicyclic amines) is 1. The Bertz CT molecular complexity index is 759. The number of benzene rings is 1. The van der Waals surface area contributed by atoms with Gasteiger partial charge in [0.1, 0.15) is 5.82 Å². The van der Waals surface area contributed by atoms with Crippen molar-refractivity contribution >= 4 is 5.91 Å². The molecule has 2 bridgehead atoms. The lowest BCUT2D eigenvalue weighted by atomic mass is 9.71. The topological polar surface area (TPSA) is 55.8 Å². The first-order valence-corrected chi connectivity index (χ1v) is 11.3. The highest BCUT2D eigenvalue weighted by Gasteiger charge is 2.48. The van der Waals surface area contributed by atoms with Crippen LogP contribution in [-0.4, -0.2) is 71.2 Å². The van der Waals surface area contributed by atoms with Crippen LogP contribution in [0.1, 0.15) is 37.7 Å². The Hall–Kier alpha value is -1.50. The molecule has 1 aromatic rings. The van der Waals surface area contributed by atoms with Crippen LogP contribution in [0.5, 0.6) is 0 Å². The highest BCUT2D eigenvalue weighted by atomic mass is 19.1. The molecule has 0 spiro atoms. The van der Waals surface area contributed by atoms with Crippen LogP contribution in [0.25, 0.3) is 0 Å². The average molecular weight is 402 g/mol. The molecule has 4 aliphatic heterocycles. The smallest absolute Gasteiger partial charge is 0.239 e. The van der Waals surface area contributed by atoms with Crippen molar-refractivity contribution in [2.75, 3.05) is 26.2 Å². The quantitative estimate of drug-likeness (QED) is 0.811. The van der Waals surface area contributed by atoms with Crippen LogP contribution >= 0.6 is 0 Å². The molecule has 6 atom stereocenters. The van der Waals surface area contributed by atoms with E-state index >= 15 is 0 Å². The van der Waals surface area contributed by atoms with Crippen molar-refractivity contribution in [3.63, 3.8) is 0 Å². The van der Waals surface area contributed by atoms with Crippen molar-refractivity contribution in [1.29, 1.82) is 0 Å². The number of nitrogens with zero attached hydrogens (tertiary/aromatic N) is 2. The largest absolute Gasteiger partial charge is 0.392 e. The van der Waals surface area contributed by atoms with E-state index in [0.29, 0.717) is 36.9 Å². The fourth-order valence-corrected chi connectivity index (χ4v) is 6.40. The molecule has 4 heterocycles. The van der Waals surface area contributed by atoms with Gasteiger partial charge in [-0.05, 0) is 68.2 Å². The summed E-state index contributed by atoms with van der Waals surface area (Å²) in [6.45, 7) is 3.27. The van der Waals surface area contributed by atoms with Crippen molar-refractivity contribution in [2.24, 2.45) is 11.8 Å².